The van der Waals surface area contributed by atoms with Crippen molar-refractivity contribution in [2.45, 2.75) is 39.7 Å². The number of hydrogen-bond donors (Lipinski definition) is 2. The van der Waals surface area contributed by atoms with Gasteiger partial charge in [0.25, 0.3) is 0 Å². The molecule has 1 saturated heterocycles. The molecule has 0 unspecified atom stereocenters. The summed E-state index contributed by atoms with van der Waals surface area (Å²) in [4.78, 5) is 16.1. The van der Waals surface area contributed by atoms with Crippen LogP contribution in [0.1, 0.15) is 36.0 Å². The van der Waals surface area contributed by atoms with Crippen molar-refractivity contribution in [2.24, 2.45) is 10.9 Å². The average Bonchev–Trinajstić information content (AvgIpc) is 3.13. The predicted octanol–water partition coefficient (Wildman–Crippen LogP) is 4.13. The lowest BCUT2D eigenvalue weighted by molar-refractivity contribution is 0.179. The van der Waals surface area contributed by atoms with E-state index in [-0.39, 0.29) is 24.0 Å². The molecule has 2 N–H and O–H groups in total. The van der Waals surface area contributed by atoms with Gasteiger partial charge in [-0.05, 0) is 63.7 Å². The highest BCUT2D eigenvalue weighted by Crippen LogP contribution is 2.20. The summed E-state index contributed by atoms with van der Waals surface area (Å²) in [5, 5.41) is 10.6. The Balaban J connectivity index is 0.00000320. The van der Waals surface area contributed by atoms with Crippen LogP contribution in [-0.2, 0) is 13.0 Å². The molecule has 0 aliphatic carbocycles. The number of halogens is 2. The van der Waals surface area contributed by atoms with Gasteiger partial charge in [-0.15, -0.1) is 35.3 Å². The van der Waals surface area contributed by atoms with Gasteiger partial charge in [0.15, 0.2) is 5.96 Å². The summed E-state index contributed by atoms with van der Waals surface area (Å²) in [7, 11) is 0. The van der Waals surface area contributed by atoms with Crippen LogP contribution in [0, 0.1) is 12.8 Å². The van der Waals surface area contributed by atoms with Gasteiger partial charge in [0.2, 0.25) is 0 Å². The zero-order chi connectivity index (χ0) is 20.5. The van der Waals surface area contributed by atoms with E-state index in [4.69, 9.17) is 16.6 Å². The largest absolute Gasteiger partial charge is 0.357 e. The van der Waals surface area contributed by atoms with Crippen LogP contribution in [0.15, 0.2) is 28.7 Å². The Morgan fingerprint density at radius 3 is 2.73 bits per heavy atom. The lowest BCUT2D eigenvalue weighted by atomic mass is 9.97. The van der Waals surface area contributed by atoms with Gasteiger partial charge < -0.3 is 10.6 Å². The van der Waals surface area contributed by atoms with Gasteiger partial charge in [-0.3, -0.25) is 9.89 Å². The van der Waals surface area contributed by atoms with Crippen molar-refractivity contribution in [1.29, 1.82) is 0 Å². The molecule has 0 aromatic carbocycles. The standard InChI is InChI=1S/C21H31ClN6S.HI/c1-3-23-21(24-9-6-17-4-5-20(22)25-12-17)26-13-18-7-10-28(11-8-18)14-19-15-29-16(2)27-19;/h4-5,12,15,18H,3,6-11,13-14H2,1-2H3,(H2,23,24,26);1H. The van der Waals surface area contributed by atoms with E-state index in [0.29, 0.717) is 11.1 Å². The number of rotatable bonds is 8. The fourth-order valence-corrected chi connectivity index (χ4v) is 4.19. The highest BCUT2D eigenvalue weighted by molar-refractivity contribution is 14.0. The lowest BCUT2D eigenvalue weighted by Crippen LogP contribution is -2.39. The van der Waals surface area contributed by atoms with Crippen LogP contribution in [0.4, 0.5) is 0 Å². The van der Waals surface area contributed by atoms with Gasteiger partial charge in [-0.1, -0.05) is 17.7 Å². The molecule has 0 atom stereocenters. The van der Waals surface area contributed by atoms with Crippen LogP contribution in [0.5, 0.6) is 0 Å². The molecule has 6 nitrogen and oxygen atoms in total. The number of aryl methyl sites for hydroxylation is 1. The van der Waals surface area contributed by atoms with Crippen molar-refractivity contribution in [3.8, 4) is 0 Å². The van der Waals surface area contributed by atoms with E-state index in [2.05, 4.69) is 44.7 Å². The maximum absolute atomic E-state index is 5.84. The molecule has 0 spiro atoms. The number of nitrogens with one attached hydrogen (secondary N) is 2. The topological polar surface area (TPSA) is 65.4 Å². The Hall–Kier alpha value is -0.970. The summed E-state index contributed by atoms with van der Waals surface area (Å²) in [6.07, 6.45) is 5.11. The van der Waals surface area contributed by atoms with E-state index in [0.717, 1.165) is 56.7 Å². The molecule has 0 bridgehead atoms. The summed E-state index contributed by atoms with van der Waals surface area (Å²) in [6, 6.07) is 3.85. The van der Waals surface area contributed by atoms with Gasteiger partial charge in [0.05, 0.1) is 10.7 Å². The monoisotopic (exact) mass is 562 g/mol. The molecule has 1 fully saturated rings. The SMILES string of the molecule is CCNC(=NCC1CCN(Cc2csc(C)n2)CC1)NCCc1ccc(Cl)nc1.I. The second kappa shape index (κ2) is 13.4. The number of pyridine rings is 1. The Morgan fingerprint density at radius 2 is 2.10 bits per heavy atom. The molecular weight excluding hydrogens is 531 g/mol. The first-order valence-corrected chi connectivity index (χ1v) is 11.6. The highest BCUT2D eigenvalue weighted by Gasteiger charge is 2.19. The Kier molecular flexibility index (Phi) is 11.3. The van der Waals surface area contributed by atoms with Gasteiger partial charge in [-0.2, -0.15) is 0 Å². The van der Waals surface area contributed by atoms with Crippen molar-refractivity contribution in [1.82, 2.24) is 25.5 Å². The van der Waals surface area contributed by atoms with Crippen molar-refractivity contribution < 1.29 is 0 Å². The minimum atomic E-state index is 0. The first kappa shape index (κ1) is 25.3. The first-order chi connectivity index (χ1) is 14.1. The third-order valence-corrected chi connectivity index (χ3v) is 6.15. The maximum atomic E-state index is 5.84. The molecule has 0 amide bonds. The van der Waals surface area contributed by atoms with Gasteiger partial charge in [0, 0.05) is 37.8 Å². The number of likely N-dealkylation sites (tertiary alicyclic amines) is 1. The van der Waals surface area contributed by atoms with Crippen LogP contribution in [0.2, 0.25) is 5.15 Å². The number of aromatic nitrogens is 2. The highest BCUT2D eigenvalue weighted by atomic mass is 127. The first-order valence-electron chi connectivity index (χ1n) is 10.4. The van der Waals surface area contributed by atoms with E-state index in [1.165, 1.54) is 24.1 Å². The van der Waals surface area contributed by atoms with E-state index in [9.17, 15) is 0 Å². The number of thiazole rings is 1. The lowest BCUT2D eigenvalue weighted by Gasteiger charge is -2.30. The number of hydrogen-bond acceptors (Lipinski definition) is 5. The van der Waals surface area contributed by atoms with Crippen LogP contribution in [-0.4, -0.2) is 53.6 Å². The van der Waals surface area contributed by atoms with Crippen molar-refractivity contribution in [2.75, 3.05) is 32.7 Å². The molecule has 30 heavy (non-hydrogen) atoms. The molecule has 1 aliphatic heterocycles. The molecule has 9 heteroatoms. The van der Waals surface area contributed by atoms with Crippen molar-refractivity contribution in [3.63, 3.8) is 0 Å². The maximum Gasteiger partial charge on any atom is 0.191 e. The number of guanidine groups is 1. The number of nitrogens with zero attached hydrogens (tertiary/aromatic N) is 4. The summed E-state index contributed by atoms with van der Waals surface area (Å²) >= 11 is 7.58. The molecule has 0 saturated carbocycles. The Bertz CT molecular complexity index is 774. The number of piperidine rings is 1. The van der Waals surface area contributed by atoms with Gasteiger partial charge in [-0.25, -0.2) is 9.97 Å². The summed E-state index contributed by atoms with van der Waals surface area (Å²) in [5.41, 5.74) is 2.37. The number of aliphatic imine (C=N–C) groups is 1. The second-order valence-electron chi connectivity index (χ2n) is 7.46. The van der Waals surface area contributed by atoms with Crippen LogP contribution in [0.3, 0.4) is 0 Å². The molecule has 166 valence electrons. The zero-order valence-corrected chi connectivity index (χ0v) is 21.6. The molecule has 1 aliphatic rings. The zero-order valence-electron chi connectivity index (χ0n) is 17.7. The molecule has 3 heterocycles. The fraction of sp³-hybridized carbons (Fsp3) is 0.571. The third-order valence-electron chi connectivity index (χ3n) is 5.11. The summed E-state index contributed by atoms with van der Waals surface area (Å²) < 4.78 is 0. The minimum Gasteiger partial charge on any atom is -0.357 e. The molecule has 2 aromatic rings. The van der Waals surface area contributed by atoms with Crippen LogP contribution >= 0.6 is 46.9 Å². The van der Waals surface area contributed by atoms with Crippen LogP contribution < -0.4 is 10.6 Å². The van der Waals surface area contributed by atoms with E-state index in [1.54, 1.807) is 11.3 Å². The second-order valence-corrected chi connectivity index (χ2v) is 8.91. The normalized spacial score (nSPS) is 15.6. The third kappa shape index (κ3) is 8.64. The smallest absolute Gasteiger partial charge is 0.191 e. The van der Waals surface area contributed by atoms with E-state index < -0.39 is 0 Å². The van der Waals surface area contributed by atoms with E-state index in [1.807, 2.05) is 18.3 Å². The van der Waals surface area contributed by atoms with Crippen LogP contribution in [0.25, 0.3) is 0 Å². The van der Waals surface area contributed by atoms with Crippen molar-refractivity contribution in [3.05, 3.63) is 45.1 Å². The quantitative estimate of drug-likeness (QED) is 0.219. The van der Waals surface area contributed by atoms with Crippen molar-refractivity contribution >= 4 is 52.9 Å². The molecule has 0 radical (unpaired) electrons. The summed E-state index contributed by atoms with van der Waals surface area (Å²) in [5.74, 6) is 1.55. The molecule has 2 aromatic heterocycles. The molecular formula is C21H32ClIN6S. The Labute approximate surface area is 206 Å². The summed E-state index contributed by atoms with van der Waals surface area (Å²) in [6.45, 7) is 9.96. The average molecular weight is 563 g/mol. The molecule has 3 rings (SSSR count). The Morgan fingerprint density at radius 1 is 1.30 bits per heavy atom. The fourth-order valence-electron chi connectivity index (χ4n) is 3.48. The minimum absolute atomic E-state index is 0. The van der Waals surface area contributed by atoms with E-state index >= 15 is 0 Å². The predicted molar refractivity (Wildman–Crippen MR) is 137 cm³/mol. The van der Waals surface area contributed by atoms with Gasteiger partial charge in [0.1, 0.15) is 5.15 Å². The van der Waals surface area contributed by atoms with Gasteiger partial charge >= 0.3 is 0 Å².